The van der Waals surface area contributed by atoms with Crippen molar-refractivity contribution in [1.82, 2.24) is 4.90 Å². The van der Waals surface area contributed by atoms with Crippen LogP contribution in [-0.2, 0) is 9.59 Å². The Morgan fingerprint density at radius 2 is 1.54 bits per heavy atom. The van der Waals surface area contributed by atoms with Crippen molar-refractivity contribution in [3.8, 4) is 0 Å². The second-order valence-electron chi connectivity index (χ2n) is 6.47. The zero-order valence-electron chi connectivity index (χ0n) is 14.7. The van der Waals surface area contributed by atoms with Crippen molar-refractivity contribution in [3.05, 3.63) is 65.2 Å². The van der Waals surface area contributed by atoms with Gasteiger partial charge in [0.1, 0.15) is 5.25 Å². The van der Waals surface area contributed by atoms with E-state index in [2.05, 4.69) is 0 Å². The number of amides is 4. The molecular weight excluding hydrogens is 396 g/mol. The van der Waals surface area contributed by atoms with Crippen LogP contribution >= 0.6 is 24.0 Å². The predicted octanol–water partition coefficient (Wildman–Crippen LogP) is 2.94. The third-order valence-corrected chi connectivity index (χ3v) is 6.13. The van der Waals surface area contributed by atoms with Crippen molar-refractivity contribution in [2.45, 2.75) is 18.6 Å². The van der Waals surface area contributed by atoms with Crippen LogP contribution in [0, 0.1) is 6.92 Å². The fourth-order valence-electron chi connectivity index (χ4n) is 3.19. The van der Waals surface area contributed by atoms with E-state index < -0.39 is 23.0 Å². The zero-order chi connectivity index (χ0) is 20.0. The number of aryl methyl sites for hydroxylation is 1. The molecule has 1 fully saturated rings. The van der Waals surface area contributed by atoms with E-state index in [-0.39, 0.29) is 27.8 Å². The number of thiocarbonyl (C=S) groups is 1. The molecule has 0 saturated carbocycles. The second-order valence-corrected chi connectivity index (χ2v) is 8.31. The van der Waals surface area contributed by atoms with Crippen molar-refractivity contribution in [2.24, 2.45) is 0 Å². The lowest BCUT2D eigenvalue weighted by molar-refractivity contribution is -0.121. The van der Waals surface area contributed by atoms with E-state index in [1.54, 1.807) is 36.4 Å². The summed E-state index contributed by atoms with van der Waals surface area (Å²) in [5, 5.41) is -0.773. The Labute approximate surface area is 170 Å². The van der Waals surface area contributed by atoms with E-state index in [4.69, 9.17) is 12.2 Å². The third-order valence-electron chi connectivity index (χ3n) is 4.62. The molecule has 2 aliphatic heterocycles. The van der Waals surface area contributed by atoms with Crippen LogP contribution in [0.3, 0.4) is 0 Å². The number of nitrogens with zero attached hydrogens (tertiary/aromatic N) is 2. The molecule has 140 valence electrons. The Morgan fingerprint density at radius 3 is 2.11 bits per heavy atom. The van der Waals surface area contributed by atoms with E-state index in [0.29, 0.717) is 5.69 Å². The lowest BCUT2D eigenvalue weighted by atomic mass is 10.1. The number of imide groups is 2. The molecule has 2 heterocycles. The van der Waals surface area contributed by atoms with Gasteiger partial charge in [-0.05, 0) is 31.2 Å². The number of hydrogen-bond donors (Lipinski definition) is 0. The highest BCUT2D eigenvalue weighted by atomic mass is 32.2. The van der Waals surface area contributed by atoms with Crippen LogP contribution in [0.15, 0.2) is 48.5 Å². The van der Waals surface area contributed by atoms with Crippen LogP contribution in [-0.4, -0.2) is 38.1 Å². The first-order valence-corrected chi connectivity index (χ1v) is 9.79. The lowest BCUT2D eigenvalue weighted by Crippen LogP contribution is -2.36. The van der Waals surface area contributed by atoms with Gasteiger partial charge >= 0.3 is 0 Å². The number of rotatable bonds is 2. The minimum Gasteiger partial charge on any atom is -0.274 e. The molecule has 28 heavy (non-hydrogen) atoms. The highest BCUT2D eigenvalue weighted by Crippen LogP contribution is 2.33. The van der Waals surface area contributed by atoms with Crippen LogP contribution in [0.4, 0.5) is 5.69 Å². The minimum atomic E-state index is -0.773. The molecule has 0 unspecified atom stereocenters. The number of benzene rings is 2. The molecule has 0 aliphatic carbocycles. The van der Waals surface area contributed by atoms with Gasteiger partial charge in [0.05, 0.1) is 16.8 Å². The Morgan fingerprint density at radius 1 is 0.964 bits per heavy atom. The number of anilines is 1. The van der Waals surface area contributed by atoms with E-state index in [9.17, 15) is 19.2 Å². The first kappa shape index (κ1) is 18.5. The quantitative estimate of drug-likeness (QED) is 0.560. The number of fused-ring (bicyclic) bond motifs is 1. The van der Waals surface area contributed by atoms with Gasteiger partial charge < -0.3 is 0 Å². The summed E-state index contributed by atoms with van der Waals surface area (Å²) in [7, 11) is 0. The Kier molecular flexibility index (Phi) is 4.60. The molecule has 0 radical (unpaired) electrons. The van der Waals surface area contributed by atoms with E-state index in [0.717, 1.165) is 27.1 Å². The first-order valence-electron chi connectivity index (χ1n) is 8.50. The van der Waals surface area contributed by atoms with Gasteiger partial charge in [0.15, 0.2) is 4.32 Å². The molecular formula is C20H14N2O4S2. The molecule has 6 nitrogen and oxygen atoms in total. The highest BCUT2D eigenvalue weighted by molar-refractivity contribution is 8.23. The SMILES string of the molecule is Cc1ccc(N2C(=O)C[C@H](SC(=S)N3C(=O)c4ccccc4C3=O)C2=O)cc1. The minimum absolute atomic E-state index is 0.0249. The molecule has 8 heteroatoms. The van der Waals surface area contributed by atoms with Gasteiger partial charge in [0, 0.05) is 6.42 Å². The lowest BCUT2D eigenvalue weighted by Gasteiger charge is -2.17. The summed E-state index contributed by atoms with van der Waals surface area (Å²) in [5.74, 6) is -1.76. The molecule has 2 aromatic carbocycles. The zero-order valence-corrected chi connectivity index (χ0v) is 16.4. The van der Waals surface area contributed by atoms with E-state index >= 15 is 0 Å². The fraction of sp³-hybridized carbons (Fsp3) is 0.150. The Bertz CT molecular complexity index is 1010. The molecule has 2 aromatic rings. The Balaban J connectivity index is 1.52. The molecule has 0 bridgehead atoms. The van der Waals surface area contributed by atoms with Crippen molar-refractivity contribution in [2.75, 3.05) is 4.90 Å². The van der Waals surface area contributed by atoms with Gasteiger partial charge in [-0.15, -0.1) is 0 Å². The number of hydrogen-bond acceptors (Lipinski definition) is 6. The maximum absolute atomic E-state index is 12.8. The maximum atomic E-state index is 12.8. The molecule has 4 rings (SSSR count). The molecule has 0 aromatic heterocycles. The summed E-state index contributed by atoms with van der Waals surface area (Å²) < 4.78 is -0.0249. The van der Waals surface area contributed by atoms with Gasteiger partial charge in [-0.3, -0.25) is 19.2 Å². The van der Waals surface area contributed by atoms with Gasteiger partial charge in [-0.2, -0.15) is 0 Å². The van der Waals surface area contributed by atoms with Crippen LogP contribution < -0.4 is 4.90 Å². The standard InChI is InChI=1S/C20H14N2O4S2/c1-11-6-8-12(9-7-11)21-16(23)10-15(19(21)26)28-20(27)22-17(24)13-4-2-3-5-14(13)18(22)25/h2-9,15H,10H2,1H3/t15-/m0/s1. The molecule has 1 atom stereocenters. The van der Waals surface area contributed by atoms with E-state index in [1.165, 1.54) is 0 Å². The normalized spacial score (nSPS) is 18.8. The van der Waals surface area contributed by atoms with Crippen molar-refractivity contribution >= 4 is 57.6 Å². The highest BCUT2D eigenvalue weighted by Gasteiger charge is 2.44. The van der Waals surface area contributed by atoms with Crippen molar-refractivity contribution in [3.63, 3.8) is 0 Å². The smallest absolute Gasteiger partial charge is 0.267 e. The molecule has 0 N–H and O–H groups in total. The third kappa shape index (κ3) is 2.94. The topological polar surface area (TPSA) is 74.8 Å². The van der Waals surface area contributed by atoms with Gasteiger partial charge in [-0.25, -0.2) is 9.80 Å². The summed E-state index contributed by atoms with van der Waals surface area (Å²) in [6.07, 6.45) is -0.0410. The second kappa shape index (κ2) is 6.96. The fourth-order valence-corrected chi connectivity index (χ4v) is 4.65. The monoisotopic (exact) mass is 410 g/mol. The van der Waals surface area contributed by atoms with Crippen LogP contribution in [0.25, 0.3) is 0 Å². The van der Waals surface area contributed by atoms with Crippen LogP contribution in [0.2, 0.25) is 0 Å². The summed E-state index contributed by atoms with van der Waals surface area (Å²) >= 11 is 6.18. The van der Waals surface area contributed by atoms with E-state index in [1.807, 2.05) is 19.1 Å². The first-order chi connectivity index (χ1) is 13.4. The number of thioether (sulfide) groups is 1. The summed E-state index contributed by atoms with van der Waals surface area (Å²) in [6.45, 7) is 1.91. The van der Waals surface area contributed by atoms with Crippen LogP contribution in [0.1, 0.15) is 32.7 Å². The average Bonchev–Trinajstić information content (AvgIpc) is 3.09. The van der Waals surface area contributed by atoms with Gasteiger partial charge in [-0.1, -0.05) is 53.8 Å². The predicted molar refractivity (Wildman–Crippen MR) is 109 cm³/mol. The summed E-state index contributed by atoms with van der Waals surface area (Å²) in [6, 6.07) is 13.5. The number of carbonyl (C=O) groups is 4. The van der Waals surface area contributed by atoms with Crippen LogP contribution in [0.5, 0.6) is 0 Å². The summed E-state index contributed by atoms with van der Waals surface area (Å²) in [4.78, 5) is 52.2. The van der Waals surface area contributed by atoms with Crippen molar-refractivity contribution < 1.29 is 19.2 Å². The Hall–Kier alpha value is -2.84. The molecule has 2 aliphatic rings. The molecule has 0 spiro atoms. The molecule has 1 saturated heterocycles. The summed E-state index contributed by atoms with van der Waals surface area (Å²) in [5.41, 5.74) is 2.08. The average molecular weight is 410 g/mol. The molecule has 4 amide bonds. The largest absolute Gasteiger partial charge is 0.274 e. The number of carbonyl (C=O) groups excluding carboxylic acids is 4. The van der Waals surface area contributed by atoms with Gasteiger partial charge in [0.25, 0.3) is 11.8 Å². The van der Waals surface area contributed by atoms with Gasteiger partial charge in [0.2, 0.25) is 11.8 Å². The van der Waals surface area contributed by atoms with Crippen molar-refractivity contribution in [1.29, 1.82) is 0 Å². The maximum Gasteiger partial charge on any atom is 0.267 e.